The Bertz CT molecular complexity index is 582. The van der Waals surface area contributed by atoms with E-state index in [1.54, 1.807) is 6.07 Å². The first kappa shape index (κ1) is 28.8. The van der Waals surface area contributed by atoms with E-state index in [0.717, 1.165) is 32.1 Å². The molecule has 0 bridgehead atoms. The second kappa shape index (κ2) is 15.5. The van der Waals surface area contributed by atoms with Gasteiger partial charge in [0.1, 0.15) is 0 Å². The molecular formula is C16H24NNa2O6P. The molecule has 0 fully saturated rings. The predicted octanol–water partition coefficient (Wildman–Crippen LogP) is -3.96. The zero-order valence-electron chi connectivity index (χ0n) is 15.8. The van der Waals surface area contributed by atoms with Crippen LogP contribution >= 0.6 is 7.82 Å². The van der Waals surface area contributed by atoms with E-state index in [1.807, 2.05) is 0 Å². The minimum atomic E-state index is -4.68. The fourth-order valence-corrected chi connectivity index (χ4v) is 2.55. The van der Waals surface area contributed by atoms with Gasteiger partial charge in [0.05, 0.1) is 12.6 Å². The molecule has 1 aromatic carbocycles. The Hall–Kier alpha value is 0.600. The van der Waals surface area contributed by atoms with Crippen molar-refractivity contribution in [1.29, 1.82) is 0 Å². The van der Waals surface area contributed by atoms with Crippen LogP contribution in [0.25, 0.3) is 0 Å². The topological polar surface area (TPSA) is 125 Å². The number of unbranched alkanes of at least 4 members (excludes halogenated alkanes) is 4. The van der Waals surface area contributed by atoms with E-state index in [2.05, 4.69) is 16.4 Å². The third-order valence-electron chi connectivity index (χ3n) is 3.44. The molecule has 26 heavy (non-hydrogen) atoms. The number of hydrogen-bond donors (Lipinski definition) is 2. The number of benzene rings is 1. The fourth-order valence-electron chi connectivity index (χ4n) is 2.22. The normalized spacial score (nSPS) is 12.8. The van der Waals surface area contributed by atoms with Gasteiger partial charge in [-0.3, -0.25) is 9.52 Å². The van der Waals surface area contributed by atoms with Gasteiger partial charge < -0.3 is 20.0 Å². The Kier molecular flexibility index (Phi) is 17.2. The molecular weight excluding hydrogens is 379 g/mol. The summed E-state index contributed by atoms with van der Waals surface area (Å²) in [7, 11) is -4.68. The number of nitrogens with zero attached hydrogens (tertiary/aromatic N) is 1. The number of aliphatic imine (C=N–C) groups is 1. The average Bonchev–Trinajstić information content (AvgIpc) is 2.50. The zero-order chi connectivity index (χ0) is 18.0. The van der Waals surface area contributed by atoms with Crippen LogP contribution in [0, 0.1) is 0 Å². The summed E-state index contributed by atoms with van der Waals surface area (Å²) in [6.45, 7) is 1.64. The summed E-state index contributed by atoms with van der Waals surface area (Å²) in [4.78, 5) is 21.6. The smallest absolute Gasteiger partial charge is 0.872 e. The maximum atomic E-state index is 12.0. The predicted molar refractivity (Wildman–Crippen MR) is 87.4 cm³/mol. The van der Waals surface area contributed by atoms with Gasteiger partial charge in [0.15, 0.2) is 0 Å². The van der Waals surface area contributed by atoms with Crippen LogP contribution in [0.15, 0.2) is 29.3 Å². The molecule has 0 aliphatic carbocycles. The van der Waals surface area contributed by atoms with Gasteiger partial charge in [-0.2, -0.15) is 0 Å². The zero-order valence-corrected chi connectivity index (χ0v) is 20.7. The van der Waals surface area contributed by atoms with Crippen LogP contribution in [-0.4, -0.2) is 22.3 Å². The van der Waals surface area contributed by atoms with Crippen LogP contribution in [0.2, 0.25) is 0 Å². The first-order valence-electron chi connectivity index (χ1n) is 8.02. The maximum Gasteiger partial charge on any atom is 1.00 e. The van der Waals surface area contributed by atoms with E-state index < -0.39 is 20.5 Å². The van der Waals surface area contributed by atoms with Crippen molar-refractivity contribution in [3.05, 3.63) is 29.8 Å². The Labute approximate surface area is 199 Å². The summed E-state index contributed by atoms with van der Waals surface area (Å²) in [6.07, 6.45) is 5.23. The van der Waals surface area contributed by atoms with Crippen LogP contribution in [0.1, 0.15) is 57.1 Å². The molecule has 136 valence electrons. The van der Waals surface area contributed by atoms with Gasteiger partial charge in [0, 0.05) is 0 Å². The summed E-state index contributed by atoms with van der Waals surface area (Å²) in [5, 5.41) is 23.4. The van der Waals surface area contributed by atoms with Gasteiger partial charge in [-0.1, -0.05) is 56.9 Å². The number of rotatable bonds is 11. The molecule has 0 amide bonds. The van der Waals surface area contributed by atoms with Crippen LogP contribution in [0.3, 0.4) is 0 Å². The van der Waals surface area contributed by atoms with Crippen LogP contribution in [0.5, 0.6) is 5.75 Å². The quantitative estimate of drug-likeness (QED) is 0.128. The monoisotopic (exact) mass is 403 g/mol. The Morgan fingerprint density at radius 1 is 1.23 bits per heavy atom. The molecule has 1 rings (SSSR count). The standard InChI is InChI=1S/C16H26NO6P.2Na/c1-2-3-4-5-6-10-16(19)17-15(12-23-24(20,21)22)13-8-7-9-14(18)11-13;;/h7-9,11,15,18H,2-6,10,12H2,1H3,(H,17,19)(H2,20,21,22);;/q;2*+1/p-2/t15-;;/m0../s1. The molecule has 0 radical (unpaired) electrons. The van der Waals surface area contributed by atoms with Crippen molar-refractivity contribution in [3.8, 4) is 5.75 Å². The minimum Gasteiger partial charge on any atom is -0.872 e. The molecule has 0 spiro atoms. The SMILES string of the molecule is CCCCCCCC([O-])=N[C@@H](COP(=O)(O)O)c1cccc([O-])c1.[Na+].[Na+]. The second-order valence-corrected chi connectivity index (χ2v) is 6.80. The fraction of sp³-hybridized carbons (Fsp3) is 0.562. The van der Waals surface area contributed by atoms with Crippen molar-refractivity contribution < 1.29 is 88.2 Å². The first-order chi connectivity index (χ1) is 11.3. The van der Waals surface area contributed by atoms with Gasteiger partial charge in [-0.25, -0.2) is 4.57 Å². The van der Waals surface area contributed by atoms with Gasteiger partial charge in [0.25, 0.3) is 0 Å². The number of phosphoric acid groups is 1. The van der Waals surface area contributed by atoms with E-state index in [-0.39, 0.29) is 77.2 Å². The summed E-state index contributed by atoms with van der Waals surface area (Å²) in [5.41, 5.74) is 0.398. The molecule has 0 aliphatic heterocycles. The summed E-state index contributed by atoms with van der Waals surface area (Å²) in [5.74, 6) is -0.627. The largest absolute Gasteiger partial charge is 1.00 e. The van der Waals surface area contributed by atoms with Gasteiger partial charge >= 0.3 is 66.9 Å². The Balaban J connectivity index is 0. The molecule has 0 saturated heterocycles. The molecule has 0 unspecified atom stereocenters. The Morgan fingerprint density at radius 3 is 2.46 bits per heavy atom. The van der Waals surface area contributed by atoms with Crippen LogP contribution in [-0.2, 0) is 9.09 Å². The molecule has 0 aromatic heterocycles. The van der Waals surface area contributed by atoms with E-state index in [0.29, 0.717) is 5.56 Å². The molecule has 1 aromatic rings. The van der Waals surface area contributed by atoms with Crippen molar-refractivity contribution in [2.45, 2.75) is 51.5 Å². The molecule has 1 atom stereocenters. The molecule has 2 N–H and O–H groups in total. The molecule has 0 heterocycles. The van der Waals surface area contributed by atoms with E-state index in [9.17, 15) is 14.8 Å². The third kappa shape index (κ3) is 13.7. The summed E-state index contributed by atoms with van der Waals surface area (Å²) >= 11 is 0. The third-order valence-corrected chi connectivity index (χ3v) is 3.92. The molecule has 0 aliphatic rings. The molecule has 7 nitrogen and oxygen atoms in total. The molecule has 10 heteroatoms. The number of phosphoric ester groups is 1. The van der Waals surface area contributed by atoms with E-state index >= 15 is 0 Å². The number of hydrogen-bond acceptors (Lipinski definition) is 5. The average molecular weight is 403 g/mol. The van der Waals surface area contributed by atoms with Crippen molar-refractivity contribution >= 4 is 13.7 Å². The van der Waals surface area contributed by atoms with Crippen LogP contribution in [0.4, 0.5) is 0 Å². The maximum absolute atomic E-state index is 12.0. The summed E-state index contributed by atoms with van der Waals surface area (Å²) < 4.78 is 15.3. The van der Waals surface area contributed by atoms with E-state index in [1.165, 1.54) is 18.2 Å². The van der Waals surface area contributed by atoms with E-state index in [4.69, 9.17) is 9.79 Å². The van der Waals surface area contributed by atoms with Gasteiger partial charge in [-0.15, -0.1) is 5.75 Å². The first-order valence-corrected chi connectivity index (χ1v) is 9.55. The summed E-state index contributed by atoms with van der Waals surface area (Å²) in [6, 6.07) is 4.81. The van der Waals surface area contributed by atoms with Gasteiger partial charge in [0.2, 0.25) is 0 Å². The van der Waals surface area contributed by atoms with Gasteiger partial charge in [-0.05, 0) is 24.3 Å². The molecule has 0 saturated carbocycles. The van der Waals surface area contributed by atoms with Crippen molar-refractivity contribution in [2.24, 2.45) is 4.99 Å². The van der Waals surface area contributed by atoms with Crippen LogP contribution < -0.4 is 69.3 Å². The minimum absolute atomic E-state index is 0. The second-order valence-electron chi connectivity index (χ2n) is 5.56. The Morgan fingerprint density at radius 2 is 1.88 bits per heavy atom. The van der Waals surface area contributed by atoms with Crippen molar-refractivity contribution in [1.82, 2.24) is 0 Å². The van der Waals surface area contributed by atoms with Crippen molar-refractivity contribution in [3.63, 3.8) is 0 Å². The van der Waals surface area contributed by atoms with Crippen molar-refractivity contribution in [2.75, 3.05) is 6.61 Å².